The molecular weight excluding hydrogens is 458 g/mol. The lowest BCUT2D eigenvalue weighted by Gasteiger charge is -2.32. The average molecular weight is 492 g/mol. The Balaban J connectivity index is 1.38. The van der Waals surface area contributed by atoms with Gasteiger partial charge in [-0.1, -0.05) is 32.9 Å². The number of nitrogens with one attached hydrogen (secondary N) is 1. The molecule has 2 aliphatic rings. The molecule has 3 heterocycles. The van der Waals surface area contributed by atoms with Crippen molar-refractivity contribution in [3.05, 3.63) is 40.4 Å². The molecule has 2 aromatic rings. The summed E-state index contributed by atoms with van der Waals surface area (Å²) in [7, 11) is -3.24. The van der Waals surface area contributed by atoms with Gasteiger partial charge in [0.25, 0.3) is 0 Å². The first kappa shape index (κ1) is 24.3. The number of anilines is 1. The van der Waals surface area contributed by atoms with Crippen molar-refractivity contribution in [2.45, 2.75) is 57.5 Å². The fraction of sp³-hybridized carbons (Fsp3) is 0.583. The maximum atomic E-state index is 12.6. The van der Waals surface area contributed by atoms with Crippen molar-refractivity contribution in [1.29, 1.82) is 0 Å². The van der Waals surface area contributed by atoms with Crippen molar-refractivity contribution in [3.8, 4) is 0 Å². The molecule has 9 heteroatoms. The SMILES string of the molecule is CCS(=O)(=O)c1ccc(CC(=O)Nc2nc3c(s2)CN(C[C@H]2CCCOC2)[C@H]3C(C)C)cc1. The van der Waals surface area contributed by atoms with Crippen LogP contribution in [0.15, 0.2) is 29.2 Å². The molecule has 2 aliphatic heterocycles. The van der Waals surface area contributed by atoms with Gasteiger partial charge in [-0.25, -0.2) is 13.4 Å². The van der Waals surface area contributed by atoms with E-state index in [9.17, 15) is 13.2 Å². The molecule has 1 aromatic heterocycles. The molecule has 0 radical (unpaired) electrons. The summed E-state index contributed by atoms with van der Waals surface area (Å²) >= 11 is 1.56. The summed E-state index contributed by atoms with van der Waals surface area (Å²) in [4.78, 5) is 21.5. The third-order valence-corrected chi connectivity index (χ3v) is 9.12. The van der Waals surface area contributed by atoms with Gasteiger partial charge in [0.15, 0.2) is 15.0 Å². The smallest absolute Gasteiger partial charge is 0.230 e. The second-order valence-electron chi connectivity index (χ2n) is 9.30. The molecule has 1 amide bonds. The number of hydrogen-bond acceptors (Lipinski definition) is 7. The first-order valence-corrected chi connectivity index (χ1v) is 14.2. The molecule has 0 bridgehead atoms. The molecule has 4 rings (SSSR count). The fourth-order valence-corrected chi connectivity index (χ4v) is 6.67. The molecule has 0 unspecified atom stereocenters. The summed E-state index contributed by atoms with van der Waals surface area (Å²) < 4.78 is 29.6. The zero-order valence-corrected chi connectivity index (χ0v) is 21.2. The van der Waals surface area contributed by atoms with Crippen molar-refractivity contribution >= 4 is 32.2 Å². The van der Waals surface area contributed by atoms with Crippen LogP contribution in [0.4, 0.5) is 5.13 Å². The van der Waals surface area contributed by atoms with Gasteiger partial charge in [-0.05, 0) is 42.4 Å². The Labute approximate surface area is 200 Å². The predicted octanol–water partition coefficient (Wildman–Crippen LogP) is 4.06. The number of benzene rings is 1. The van der Waals surface area contributed by atoms with Crippen molar-refractivity contribution in [2.75, 3.05) is 30.8 Å². The van der Waals surface area contributed by atoms with Crippen molar-refractivity contribution < 1.29 is 17.9 Å². The lowest BCUT2D eigenvalue weighted by atomic mass is 9.98. The topological polar surface area (TPSA) is 88.6 Å². The Morgan fingerprint density at radius 2 is 2.06 bits per heavy atom. The highest BCUT2D eigenvalue weighted by Gasteiger charge is 2.37. The molecule has 1 fully saturated rings. The highest BCUT2D eigenvalue weighted by atomic mass is 32.2. The fourth-order valence-electron chi connectivity index (χ4n) is 4.75. The number of fused-ring (bicyclic) bond motifs is 1. The highest BCUT2D eigenvalue weighted by molar-refractivity contribution is 7.91. The first-order chi connectivity index (χ1) is 15.8. The minimum Gasteiger partial charge on any atom is -0.381 e. The van der Waals surface area contributed by atoms with Gasteiger partial charge in [0, 0.05) is 24.6 Å². The Morgan fingerprint density at radius 1 is 1.30 bits per heavy atom. The molecule has 0 saturated carbocycles. The van der Waals surface area contributed by atoms with Crippen LogP contribution in [0, 0.1) is 11.8 Å². The number of amides is 1. The minimum absolute atomic E-state index is 0.0603. The van der Waals surface area contributed by atoms with Gasteiger partial charge in [-0.2, -0.15) is 0 Å². The summed E-state index contributed by atoms with van der Waals surface area (Å²) in [5.74, 6) is 0.919. The number of nitrogens with zero attached hydrogens (tertiary/aromatic N) is 2. The Hall–Kier alpha value is -1.81. The Bertz CT molecular complexity index is 1070. The number of hydrogen-bond donors (Lipinski definition) is 1. The average Bonchev–Trinajstić information content (AvgIpc) is 3.31. The molecule has 0 spiro atoms. The summed E-state index contributed by atoms with van der Waals surface area (Å²) in [6.07, 6.45) is 2.53. The first-order valence-electron chi connectivity index (χ1n) is 11.7. The van der Waals surface area contributed by atoms with Gasteiger partial charge in [-0.15, -0.1) is 11.3 Å². The summed E-state index contributed by atoms with van der Waals surface area (Å²) in [6.45, 7) is 9.69. The van der Waals surface area contributed by atoms with E-state index in [2.05, 4.69) is 24.1 Å². The summed E-state index contributed by atoms with van der Waals surface area (Å²) in [5.41, 5.74) is 1.86. The largest absolute Gasteiger partial charge is 0.381 e. The normalized spacial score (nSPS) is 21.3. The second-order valence-corrected chi connectivity index (χ2v) is 12.7. The molecule has 1 saturated heterocycles. The van der Waals surface area contributed by atoms with Gasteiger partial charge in [-0.3, -0.25) is 9.69 Å². The van der Waals surface area contributed by atoms with Crippen molar-refractivity contribution in [2.24, 2.45) is 11.8 Å². The van der Waals surface area contributed by atoms with E-state index in [0.717, 1.165) is 44.0 Å². The maximum absolute atomic E-state index is 12.6. The standard InChI is InChI=1S/C24H33N3O4S2/c1-4-33(29,30)19-9-7-17(8-10-19)12-21(28)25-24-26-22-20(32-24)14-27(23(22)16(2)3)13-18-6-5-11-31-15-18/h7-10,16,18,23H,4-6,11-15H2,1-3H3,(H,25,26,28)/t18-,23+/m1/s1. The summed E-state index contributed by atoms with van der Waals surface area (Å²) in [6, 6.07) is 6.80. The van der Waals surface area contributed by atoms with Crippen molar-refractivity contribution in [1.82, 2.24) is 9.88 Å². The Morgan fingerprint density at radius 3 is 2.70 bits per heavy atom. The van der Waals surface area contributed by atoms with E-state index < -0.39 is 9.84 Å². The molecule has 1 N–H and O–H groups in total. The molecule has 1 aromatic carbocycles. The van der Waals surface area contributed by atoms with E-state index in [1.54, 1.807) is 42.5 Å². The van der Waals surface area contributed by atoms with Crippen LogP contribution in [0.3, 0.4) is 0 Å². The molecule has 7 nitrogen and oxygen atoms in total. The van der Waals surface area contributed by atoms with Gasteiger partial charge in [0.05, 0.1) is 35.4 Å². The third-order valence-electron chi connectivity index (χ3n) is 6.40. The van der Waals surface area contributed by atoms with Crippen LogP contribution in [-0.4, -0.2) is 49.7 Å². The lowest BCUT2D eigenvalue weighted by molar-refractivity contribution is -0.115. The van der Waals surface area contributed by atoms with Crippen LogP contribution < -0.4 is 5.32 Å². The van der Waals surface area contributed by atoms with Crippen LogP contribution in [0.5, 0.6) is 0 Å². The number of ether oxygens (including phenoxy) is 1. The van der Waals surface area contributed by atoms with Crippen LogP contribution in [-0.2, 0) is 32.3 Å². The number of carbonyl (C=O) groups excluding carboxylic acids is 1. The van der Waals surface area contributed by atoms with E-state index in [1.165, 1.54) is 11.3 Å². The number of carbonyl (C=O) groups is 1. The van der Waals surface area contributed by atoms with E-state index in [-0.39, 0.29) is 29.0 Å². The third kappa shape index (κ3) is 5.65. The maximum Gasteiger partial charge on any atom is 0.230 e. The van der Waals surface area contributed by atoms with Crippen LogP contribution in [0.25, 0.3) is 0 Å². The van der Waals surface area contributed by atoms with E-state index in [1.807, 2.05) is 0 Å². The predicted molar refractivity (Wildman–Crippen MR) is 130 cm³/mol. The van der Waals surface area contributed by atoms with Gasteiger partial charge in [0.1, 0.15) is 0 Å². The van der Waals surface area contributed by atoms with E-state index in [0.29, 0.717) is 17.0 Å². The van der Waals surface area contributed by atoms with Crippen LogP contribution >= 0.6 is 11.3 Å². The minimum atomic E-state index is -3.24. The quantitative estimate of drug-likeness (QED) is 0.599. The number of sulfone groups is 1. The zero-order valence-electron chi connectivity index (χ0n) is 19.5. The number of thiazole rings is 1. The van der Waals surface area contributed by atoms with Gasteiger partial charge < -0.3 is 10.1 Å². The zero-order chi connectivity index (χ0) is 23.6. The van der Waals surface area contributed by atoms with E-state index >= 15 is 0 Å². The summed E-state index contributed by atoms with van der Waals surface area (Å²) in [5, 5.41) is 3.58. The molecule has 33 heavy (non-hydrogen) atoms. The van der Waals surface area contributed by atoms with Crippen LogP contribution in [0.2, 0.25) is 0 Å². The lowest BCUT2D eigenvalue weighted by Crippen LogP contribution is -2.34. The monoisotopic (exact) mass is 491 g/mol. The molecule has 2 atom stereocenters. The molecular formula is C24H33N3O4S2. The Kier molecular flexibility index (Phi) is 7.53. The number of aromatic nitrogens is 1. The second kappa shape index (κ2) is 10.2. The highest BCUT2D eigenvalue weighted by Crippen LogP contribution is 2.43. The molecule has 180 valence electrons. The van der Waals surface area contributed by atoms with Crippen LogP contribution in [0.1, 0.15) is 55.8 Å². The van der Waals surface area contributed by atoms with Crippen molar-refractivity contribution in [3.63, 3.8) is 0 Å². The van der Waals surface area contributed by atoms with Gasteiger partial charge in [0.2, 0.25) is 5.91 Å². The van der Waals surface area contributed by atoms with Gasteiger partial charge >= 0.3 is 0 Å². The number of rotatable bonds is 8. The molecule has 0 aliphatic carbocycles. The van der Waals surface area contributed by atoms with E-state index in [4.69, 9.17) is 9.72 Å².